The van der Waals surface area contributed by atoms with E-state index in [1.165, 1.54) is 0 Å². The van der Waals surface area contributed by atoms with Gasteiger partial charge in [-0.15, -0.1) is 0 Å². The molecule has 2 aromatic rings. The number of halogens is 1. The van der Waals surface area contributed by atoms with E-state index in [2.05, 4.69) is 20.9 Å². The Morgan fingerprint density at radius 1 is 1.12 bits per heavy atom. The zero-order valence-corrected chi connectivity index (χ0v) is 10.8. The summed E-state index contributed by atoms with van der Waals surface area (Å²) < 4.78 is 0.939. The highest BCUT2D eigenvalue weighted by molar-refractivity contribution is 9.10. The fraction of sp³-hybridized carbons (Fsp3) is 0.0833. The lowest BCUT2D eigenvalue weighted by molar-refractivity contribution is 0.281. The fourth-order valence-corrected chi connectivity index (χ4v) is 2.76. The van der Waals surface area contributed by atoms with E-state index >= 15 is 0 Å². The molecule has 4 heteroatoms. The van der Waals surface area contributed by atoms with Crippen LogP contribution in [0.5, 0.6) is 0 Å². The van der Waals surface area contributed by atoms with E-state index in [-0.39, 0.29) is 6.61 Å². The predicted octanol–water partition coefficient (Wildman–Crippen LogP) is 3.49. The van der Waals surface area contributed by atoms with Crippen LogP contribution < -0.4 is 0 Å². The van der Waals surface area contributed by atoms with E-state index in [0.717, 1.165) is 19.8 Å². The fourth-order valence-electron chi connectivity index (χ4n) is 1.26. The SMILES string of the molecule is OCc1ccc(Sc2ccncc2)cc1Br. The van der Waals surface area contributed by atoms with Crippen LogP contribution in [0.25, 0.3) is 0 Å². The van der Waals surface area contributed by atoms with Crippen molar-refractivity contribution in [2.24, 2.45) is 0 Å². The first-order valence-electron chi connectivity index (χ1n) is 4.77. The Hall–Kier alpha value is -0.840. The average Bonchev–Trinajstić information content (AvgIpc) is 2.31. The summed E-state index contributed by atoms with van der Waals surface area (Å²) >= 11 is 5.10. The van der Waals surface area contributed by atoms with Crippen LogP contribution in [-0.2, 0) is 6.61 Å². The molecule has 1 heterocycles. The average molecular weight is 296 g/mol. The molecule has 0 aliphatic rings. The molecule has 2 nitrogen and oxygen atoms in total. The normalized spacial score (nSPS) is 10.4. The Morgan fingerprint density at radius 3 is 2.50 bits per heavy atom. The zero-order chi connectivity index (χ0) is 11.4. The van der Waals surface area contributed by atoms with Gasteiger partial charge >= 0.3 is 0 Å². The highest BCUT2D eigenvalue weighted by atomic mass is 79.9. The summed E-state index contributed by atoms with van der Waals surface area (Å²) in [6.45, 7) is 0.0563. The van der Waals surface area contributed by atoms with Crippen molar-refractivity contribution in [2.75, 3.05) is 0 Å². The van der Waals surface area contributed by atoms with E-state index in [1.54, 1.807) is 24.2 Å². The Labute approximate surface area is 107 Å². The standard InChI is InChI=1S/C12H10BrNOS/c13-12-7-11(2-1-9(12)8-15)16-10-3-5-14-6-4-10/h1-7,15H,8H2. The van der Waals surface area contributed by atoms with E-state index in [1.807, 2.05) is 30.3 Å². The third-order valence-electron chi connectivity index (χ3n) is 2.08. The van der Waals surface area contributed by atoms with Gasteiger partial charge in [-0.05, 0) is 29.8 Å². The van der Waals surface area contributed by atoms with Crippen molar-refractivity contribution in [1.29, 1.82) is 0 Å². The Bertz CT molecular complexity index is 476. The predicted molar refractivity (Wildman–Crippen MR) is 68.4 cm³/mol. The molecular formula is C12H10BrNOS. The molecule has 16 heavy (non-hydrogen) atoms. The van der Waals surface area contributed by atoms with Gasteiger partial charge in [-0.2, -0.15) is 0 Å². The molecule has 0 amide bonds. The van der Waals surface area contributed by atoms with Gasteiger partial charge in [-0.1, -0.05) is 33.8 Å². The summed E-state index contributed by atoms with van der Waals surface area (Å²) in [6.07, 6.45) is 3.55. The summed E-state index contributed by atoms with van der Waals surface area (Å²) in [4.78, 5) is 6.26. The second-order valence-electron chi connectivity index (χ2n) is 3.20. The Kier molecular flexibility index (Phi) is 3.98. The minimum atomic E-state index is 0.0563. The lowest BCUT2D eigenvalue weighted by Gasteiger charge is -2.04. The smallest absolute Gasteiger partial charge is 0.0692 e. The van der Waals surface area contributed by atoms with Gasteiger partial charge in [0.15, 0.2) is 0 Å². The minimum absolute atomic E-state index is 0.0563. The second kappa shape index (κ2) is 5.48. The molecule has 0 saturated heterocycles. The van der Waals surface area contributed by atoms with Crippen LogP contribution in [0.3, 0.4) is 0 Å². The first-order chi connectivity index (χ1) is 7.79. The van der Waals surface area contributed by atoms with Crippen LogP contribution in [0.15, 0.2) is 57.0 Å². The summed E-state index contributed by atoms with van der Waals surface area (Å²) in [5, 5.41) is 9.05. The van der Waals surface area contributed by atoms with Crippen molar-refractivity contribution in [2.45, 2.75) is 16.4 Å². The van der Waals surface area contributed by atoms with Crippen LogP contribution in [0, 0.1) is 0 Å². The summed E-state index contributed by atoms with van der Waals surface area (Å²) in [6, 6.07) is 9.88. The number of hydrogen-bond donors (Lipinski definition) is 1. The van der Waals surface area contributed by atoms with Crippen LogP contribution >= 0.6 is 27.7 Å². The number of rotatable bonds is 3. The molecule has 2 rings (SSSR count). The largest absolute Gasteiger partial charge is 0.392 e. The van der Waals surface area contributed by atoms with Crippen molar-refractivity contribution in [3.8, 4) is 0 Å². The quantitative estimate of drug-likeness (QED) is 0.941. The molecule has 0 saturated carbocycles. The minimum Gasteiger partial charge on any atom is -0.392 e. The lowest BCUT2D eigenvalue weighted by atomic mass is 10.2. The van der Waals surface area contributed by atoms with Crippen LogP contribution in [0.4, 0.5) is 0 Å². The molecule has 1 aromatic carbocycles. The number of pyridine rings is 1. The highest BCUT2D eigenvalue weighted by Crippen LogP contribution is 2.30. The number of aliphatic hydroxyl groups is 1. The van der Waals surface area contributed by atoms with E-state index < -0.39 is 0 Å². The molecule has 0 aliphatic heterocycles. The molecule has 0 radical (unpaired) electrons. The van der Waals surface area contributed by atoms with Crippen molar-refractivity contribution in [1.82, 2.24) is 4.98 Å². The Morgan fingerprint density at radius 2 is 1.88 bits per heavy atom. The number of benzene rings is 1. The molecule has 0 spiro atoms. The molecule has 0 unspecified atom stereocenters. The number of aliphatic hydroxyl groups excluding tert-OH is 1. The number of aromatic nitrogens is 1. The van der Waals surface area contributed by atoms with Gasteiger partial charge in [-0.25, -0.2) is 0 Å². The molecule has 82 valence electrons. The molecule has 0 bridgehead atoms. The van der Waals surface area contributed by atoms with Crippen LogP contribution in [0.2, 0.25) is 0 Å². The van der Waals surface area contributed by atoms with Crippen molar-refractivity contribution in [3.05, 3.63) is 52.8 Å². The van der Waals surface area contributed by atoms with Crippen molar-refractivity contribution in [3.63, 3.8) is 0 Å². The van der Waals surface area contributed by atoms with Crippen LogP contribution in [-0.4, -0.2) is 10.1 Å². The first kappa shape index (κ1) is 11.6. The van der Waals surface area contributed by atoms with E-state index in [9.17, 15) is 0 Å². The van der Waals surface area contributed by atoms with Gasteiger partial charge in [0.2, 0.25) is 0 Å². The highest BCUT2D eigenvalue weighted by Gasteiger charge is 2.02. The maximum absolute atomic E-state index is 9.05. The molecule has 0 fully saturated rings. The van der Waals surface area contributed by atoms with Crippen molar-refractivity contribution < 1.29 is 5.11 Å². The molecule has 1 N–H and O–H groups in total. The number of nitrogens with zero attached hydrogens (tertiary/aromatic N) is 1. The Balaban J connectivity index is 2.20. The topological polar surface area (TPSA) is 33.1 Å². The number of hydrogen-bond acceptors (Lipinski definition) is 3. The molecule has 0 atom stereocenters. The van der Waals surface area contributed by atoms with Gasteiger partial charge in [0.25, 0.3) is 0 Å². The van der Waals surface area contributed by atoms with E-state index in [0.29, 0.717) is 0 Å². The second-order valence-corrected chi connectivity index (χ2v) is 5.20. The zero-order valence-electron chi connectivity index (χ0n) is 8.43. The third-order valence-corrected chi connectivity index (χ3v) is 3.82. The molecule has 1 aromatic heterocycles. The summed E-state index contributed by atoms with van der Waals surface area (Å²) in [5.41, 5.74) is 0.902. The summed E-state index contributed by atoms with van der Waals surface area (Å²) in [7, 11) is 0. The third kappa shape index (κ3) is 2.84. The molecular weight excluding hydrogens is 286 g/mol. The first-order valence-corrected chi connectivity index (χ1v) is 6.37. The van der Waals surface area contributed by atoms with Gasteiger partial charge in [0.1, 0.15) is 0 Å². The lowest BCUT2D eigenvalue weighted by Crippen LogP contribution is -1.85. The van der Waals surface area contributed by atoms with Gasteiger partial charge in [-0.3, -0.25) is 4.98 Å². The van der Waals surface area contributed by atoms with Gasteiger partial charge in [0.05, 0.1) is 6.61 Å². The van der Waals surface area contributed by atoms with Crippen LogP contribution in [0.1, 0.15) is 5.56 Å². The van der Waals surface area contributed by atoms with Crippen molar-refractivity contribution >= 4 is 27.7 Å². The van der Waals surface area contributed by atoms with Gasteiger partial charge < -0.3 is 5.11 Å². The maximum Gasteiger partial charge on any atom is 0.0692 e. The monoisotopic (exact) mass is 295 g/mol. The van der Waals surface area contributed by atoms with E-state index in [4.69, 9.17) is 5.11 Å². The molecule has 0 aliphatic carbocycles. The summed E-state index contributed by atoms with van der Waals surface area (Å²) in [5.74, 6) is 0. The maximum atomic E-state index is 9.05. The van der Waals surface area contributed by atoms with Gasteiger partial charge in [0, 0.05) is 26.7 Å².